The fraction of sp³-hybridized carbons (Fsp3) is 0.600. The molecule has 0 aromatic carbocycles. The van der Waals surface area contributed by atoms with Gasteiger partial charge in [0, 0.05) is 5.41 Å². The van der Waals surface area contributed by atoms with Gasteiger partial charge >= 0.3 is 0 Å². The molecule has 0 nitrogen and oxygen atoms in total. The maximum absolute atomic E-state index is 2.31. The molecule has 0 fully saturated rings. The Bertz CT molecular complexity index is 174. The molecule has 0 heterocycles. The van der Waals surface area contributed by atoms with Crippen LogP contribution in [0.3, 0.4) is 0 Å². The number of hydrogen-bond donors (Lipinski definition) is 0. The van der Waals surface area contributed by atoms with Gasteiger partial charge in [-0.2, -0.15) is 0 Å². The van der Waals surface area contributed by atoms with E-state index < -0.39 is 0 Å². The van der Waals surface area contributed by atoms with E-state index in [0.29, 0.717) is 5.41 Å². The minimum Gasteiger partial charge on any atom is -0.0745 e. The summed E-state index contributed by atoms with van der Waals surface area (Å²) in [7, 11) is 0. The summed E-state index contributed by atoms with van der Waals surface area (Å²) in [5.74, 6) is 0. The van der Waals surface area contributed by atoms with Crippen LogP contribution in [0.25, 0.3) is 0 Å². The van der Waals surface area contributed by atoms with E-state index in [4.69, 9.17) is 0 Å². The quantitative estimate of drug-likeness (QED) is 0.546. The average molecular weight is 136 g/mol. The lowest BCUT2D eigenvalue weighted by Crippen LogP contribution is -2.11. The van der Waals surface area contributed by atoms with E-state index in [0.717, 1.165) is 0 Å². The van der Waals surface area contributed by atoms with Crippen molar-refractivity contribution in [1.82, 2.24) is 0 Å². The summed E-state index contributed by atoms with van der Waals surface area (Å²) in [5, 5.41) is 0. The summed E-state index contributed by atoms with van der Waals surface area (Å²) in [4.78, 5) is 0. The third-order valence-electron chi connectivity index (χ3n) is 2.61. The first-order valence-corrected chi connectivity index (χ1v) is 4.12. The van der Waals surface area contributed by atoms with Crippen LogP contribution in [0, 0.1) is 5.41 Å². The van der Waals surface area contributed by atoms with Crippen molar-refractivity contribution in [1.29, 1.82) is 0 Å². The standard InChI is InChI=1S/C10H16/c1-4-9-7-6-8-10(9,3)5-2/h6-8H,4-5H2,1-3H3. The molecule has 1 aliphatic carbocycles. The molecular weight excluding hydrogens is 120 g/mol. The zero-order chi connectivity index (χ0) is 7.61. The molecule has 0 heteroatoms. The molecule has 0 aliphatic heterocycles. The molecule has 0 saturated carbocycles. The van der Waals surface area contributed by atoms with E-state index in [1.807, 2.05) is 0 Å². The monoisotopic (exact) mass is 136 g/mol. The Hall–Kier alpha value is -0.520. The van der Waals surface area contributed by atoms with Gasteiger partial charge in [0.05, 0.1) is 0 Å². The summed E-state index contributed by atoms with van der Waals surface area (Å²) in [6.45, 7) is 6.79. The van der Waals surface area contributed by atoms with Crippen molar-refractivity contribution < 1.29 is 0 Å². The van der Waals surface area contributed by atoms with E-state index >= 15 is 0 Å². The third kappa shape index (κ3) is 1.03. The lowest BCUT2D eigenvalue weighted by Gasteiger charge is -2.23. The van der Waals surface area contributed by atoms with Crippen LogP contribution in [0.1, 0.15) is 33.6 Å². The molecule has 1 unspecified atom stereocenters. The average Bonchev–Trinajstić information content (AvgIpc) is 2.32. The Morgan fingerprint density at radius 2 is 2.10 bits per heavy atom. The van der Waals surface area contributed by atoms with Gasteiger partial charge in [0.25, 0.3) is 0 Å². The summed E-state index contributed by atoms with van der Waals surface area (Å²) in [6, 6.07) is 0. The van der Waals surface area contributed by atoms with Gasteiger partial charge in [-0.25, -0.2) is 0 Å². The normalized spacial score (nSPS) is 30.9. The van der Waals surface area contributed by atoms with Crippen molar-refractivity contribution in [2.24, 2.45) is 5.41 Å². The Labute approximate surface area is 63.6 Å². The van der Waals surface area contributed by atoms with Crippen LogP contribution >= 0.6 is 0 Å². The molecule has 1 atom stereocenters. The first-order valence-electron chi connectivity index (χ1n) is 4.12. The largest absolute Gasteiger partial charge is 0.0745 e. The van der Waals surface area contributed by atoms with Gasteiger partial charge in [0.15, 0.2) is 0 Å². The molecule has 0 spiro atoms. The lowest BCUT2D eigenvalue weighted by molar-refractivity contribution is 0.489. The van der Waals surface area contributed by atoms with Crippen molar-refractivity contribution in [3.05, 3.63) is 23.8 Å². The molecule has 0 aromatic heterocycles. The van der Waals surface area contributed by atoms with Gasteiger partial charge in [-0.3, -0.25) is 0 Å². The highest BCUT2D eigenvalue weighted by Crippen LogP contribution is 2.37. The number of rotatable bonds is 2. The van der Waals surface area contributed by atoms with E-state index in [2.05, 4.69) is 39.0 Å². The highest BCUT2D eigenvalue weighted by molar-refractivity contribution is 5.32. The zero-order valence-corrected chi connectivity index (χ0v) is 7.15. The van der Waals surface area contributed by atoms with Crippen LogP contribution in [0.15, 0.2) is 23.8 Å². The molecule has 0 aromatic rings. The zero-order valence-electron chi connectivity index (χ0n) is 7.15. The van der Waals surface area contributed by atoms with Crippen molar-refractivity contribution in [3.63, 3.8) is 0 Å². The van der Waals surface area contributed by atoms with Crippen LogP contribution in [0.4, 0.5) is 0 Å². The molecule has 1 rings (SSSR count). The second kappa shape index (κ2) is 2.61. The fourth-order valence-corrected chi connectivity index (χ4v) is 1.54. The van der Waals surface area contributed by atoms with Gasteiger partial charge in [-0.15, -0.1) is 0 Å². The molecule has 0 radical (unpaired) electrons. The van der Waals surface area contributed by atoms with E-state index in [-0.39, 0.29) is 0 Å². The second-order valence-corrected chi connectivity index (χ2v) is 3.18. The molecule has 0 N–H and O–H groups in total. The van der Waals surface area contributed by atoms with Crippen molar-refractivity contribution in [2.45, 2.75) is 33.6 Å². The minimum atomic E-state index is 0.384. The van der Waals surface area contributed by atoms with Crippen molar-refractivity contribution in [2.75, 3.05) is 0 Å². The summed E-state index contributed by atoms with van der Waals surface area (Å²) >= 11 is 0. The molecule has 56 valence electrons. The maximum atomic E-state index is 2.31. The highest BCUT2D eigenvalue weighted by atomic mass is 14.3. The predicted octanol–water partition coefficient (Wildman–Crippen LogP) is 3.31. The lowest BCUT2D eigenvalue weighted by atomic mass is 9.81. The molecule has 0 amide bonds. The second-order valence-electron chi connectivity index (χ2n) is 3.18. The van der Waals surface area contributed by atoms with Gasteiger partial charge in [-0.05, 0) is 12.8 Å². The molecular formula is C10H16. The topological polar surface area (TPSA) is 0 Å². The van der Waals surface area contributed by atoms with Crippen LogP contribution in [-0.2, 0) is 0 Å². The molecule has 0 bridgehead atoms. The minimum absolute atomic E-state index is 0.384. The highest BCUT2D eigenvalue weighted by Gasteiger charge is 2.24. The van der Waals surface area contributed by atoms with Crippen LogP contribution in [0.5, 0.6) is 0 Å². The third-order valence-corrected chi connectivity index (χ3v) is 2.61. The first-order chi connectivity index (χ1) is 4.73. The summed E-state index contributed by atoms with van der Waals surface area (Å²) < 4.78 is 0. The SMILES string of the molecule is CCC1=CC=CC1(C)CC. The van der Waals surface area contributed by atoms with Gasteiger partial charge in [0.1, 0.15) is 0 Å². The Morgan fingerprint density at radius 1 is 1.40 bits per heavy atom. The predicted molar refractivity (Wildman–Crippen MR) is 45.9 cm³/mol. The van der Waals surface area contributed by atoms with E-state index in [9.17, 15) is 0 Å². The summed E-state index contributed by atoms with van der Waals surface area (Å²) in [5.41, 5.74) is 1.96. The first kappa shape index (κ1) is 7.59. The molecule has 0 saturated heterocycles. The number of allylic oxidation sites excluding steroid dienone is 4. The Morgan fingerprint density at radius 3 is 2.50 bits per heavy atom. The smallest absolute Gasteiger partial charge is 0.00659 e. The van der Waals surface area contributed by atoms with Gasteiger partial charge in [0.2, 0.25) is 0 Å². The maximum Gasteiger partial charge on any atom is 0.00659 e. The summed E-state index contributed by atoms with van der Waals surface area (Å²) in [6.07, 6.45) is 9.16. The molecule has 10 heavy (non-hydrogen) atoms. The van der Waals surface area contributed by atoms with Gasteiger partial charge in [-0.1, -0.05) is 44.6 Å². The van der Waals surface area contributed by atoms with Crippen LogP contribution < -0.4 is 0 Å². The van der Waals surface area contributed by atoms with E-state index in [1.54, 1.807) is 5.57 Å². The molecule has 1 aliphatic rings. The van der Waals surface area contributed by atoms with Crippen LogP contribution in [-0.4, -0.2) is 0 Å². The van der Waals surface area contributed by atoms with Crippen LogP contribution in [0.2, 0.25) is 0 Å². The Kier molecular flexibility index (Phi) is 1.98. The van der Waals surface area contributed by atoms with E-state index in [1.165, 1.54) is 12.8 Å². The Balaban J connectivity index is 2.79. The fourth-order valence-electron chi connectivity index (χ4n) is 1.54. The van der Waals surface area contributed by atoms with Crippen molar-refractivity contribution in [3.8, 4) is 0 Å². The number of hydrogen-bond acceptors (Lipinski definition) is 0. The van der Waals surface area contributed by atoms with Crippen molar-refractivity contribution >= 4 is 0 Å². The van der Waals surface area contributed by atoms with Gasteiger partial charge < -0.3 is 0 Å².